The van der Waals surface area contributed by atoms with Gasteiger partial charge in [-0.1, -0.05) is 40.2 Å². The van der Waals surface area contributed by atoms with E-state index in [1.807, 2.05) is 42.5 Å². The largest absolute Gasteiger partial charge is 0.429 e. The van der Waals surface area contributed by atoms with Crippen LogP contribution in [-0.4, -0.2) is 6.66 Å². The number of halogens is 1. The van der Waals surface area contributed by atoms with Crippen LogP contribution in [0.15, 0.2) is 59.1 Å². The molecule has 0 amide bonds. The summed E-state index contributed by atoms with van der Waals surface area (Å²) >= 11 is 3.37. The number of anilines is 1. The summed E-state index contributed by atoms with van der Waals surface area (Å²) in [5.74, 6) is 0.589. The minimum Gasteiger partial charge on any atom is -0.429 e. The fourth-order valence-corrected chi connectivity index (χ4v) is 3.07. The van der Waals surface area contributed by atoms with E-state index in [0.29, 0.717) is 5.75 Å². The highest BCUT2D eigenvalue weighted by Crippen LogP contribution is 2.43. The van der Waals surface area contributed by atoms with Crippen molar-refractivity contribution in [3.05, 3.63) is 59.1 Å². The lowest BCUT2D eigenvalue weighted by Gasteiger charge is -2.17. The quantitative estimate of drug-likeness (QED) is 0.823. The van der Waals surface area contributed by atoms with Crippen molar-refractivity contribution in [1.82, 2.24) is 0 Å². The van der Waals surface area contributed by atoms with Gasteiger partial charge in [-0.15, -0.1) is 0 Å². The van der Waals surface area contributed by atoms with Crippen LogP contribution in [0.2, 0.25) is 0 Å². The lowest BCUT2D eigenvalue weighted by Crippen LogP contribution is -2.02. The third-order valence-electron chi connectivity index (χ3n) is 2.18. The van der Waals surface area contributed by atoms with Gasteiger partial charge in [0, 0.05) is 16.8 Å². The van der Waals surface area contributed by atoms with Gasteiger partial charge in [0.25, 0.3) is 0 Å². The molecule has 2 aromatic rings. The molecular formula is C13H13BrNO2P. The minimum atomic E-state index is -2.93. The molecule has 1 N–H and O–H groups in total. The van der Waals surface area contributed by atoms with E-state index >= 15 is 0 Å². The first-order valence-electron chi connectivity index (χ1n) is 5.41. The Labute approximate surface area is 115 Å². The molecule has 18 heavy (non-hydrogen) atoms. The molecule has 94 valence electrons. The van der Waals surface area contributed by atoms with E-state index in [1.165, 1.54) is 0 Å². The number of rotatable bonds is 4. The summed E-state index contributed by atoms with van der Waals surface area (Å²) in [5.41, 5.74) is 0.756. The molecule has 0 fully saturated rings. The maximum atomic E-state index is 12.3. The molecular weight excluding hydrogens is 313 g/mol. The average Bonchev–Trinajstić information content (AvgIpc) is 2.28. The van der Waals surface area contributed by atoms with Gasteiger partial charge < -0.3 is 9.61 Å². The summed E-state index contributed by atoms with van der Waals surface area (Å²) < 4.78 is 18.7. The van der Waals surface area contributed by atoms with E-state index in [1.54, 1.807) is 18.8 Å². The van der Waals surface area contributed by atoms with Gasteiger partial charge in [0.2, 0.25) is 0 Å². The highest BCUT2D eigenvalue weighted by atomic mass is 79.9. The second-order valence-corrected chi connectivity index (χ2v) is 6.89. The van der Waals surface area contributed by atoms with Gasteiger partial charge >= 0.3 is 7.52 Å². The maximum Gasteiger partial charge on any atom is 0.338 e. The molecule has 0 aliphatic carbocycles. The molecule has 1 atom stereocenters. The molecule has 3 nitrogen and oxygen atoms in total. The lowest BCUT2D eigenvalue weighted by molar-refractivity contribution is 0.493. The summed E-state index contributed by atoms with van der Waals surface area (Å²) in [7, 11) is -2.93. The second-order valence-electron chi connectivity index (χ2n) is 3.87. The number of hydrogen-bond acceptors (Lipinski definition) is 2. The SMILES string of the molecule is C[P@@](=O)(Nc1cccc(Br)c1)Oc1ccccc1. The van der Waals surface area contributed by atoms with Gasteiger partial charge in [-0.3, -0.25) is 4.57 Å². The maximum absolute atomic E-state index is 12.3. The van der Waals surface area contributed by atoms with Crippen molar-refractivity contribution in [3.63, 3.8) is 0 Å². The first kappa shape index (κ1) is 13.2. The number of benzene rings is 2. The van der Waals surface area contributed by atoms with E-state index in [-0.39, 0.29) is 0 Å². The van der Waals surface area contributed by atoms with E-state index in [4.69, 9.17) is 4.52 Å². The van der Waals surface area contributed by atoms with Crippen LogP contribution >= 0.6 is 23.4 Å². The number of nitrogens with one attached hydrogen (secondary N) is 1. The van der Waals surface area contributed by atoms with Crippen molar-refractivity contribution >= 4 is 29.1 Å². The molecule has 0 aliphatic rings. The first-order valence-corrected chi connectivity index (χ1v) is 8.28. The van der Waals surface area contributed by atoms with E-state index < -0.39 is 7.52 Å². The molecule has 2 rings (SSSR count). The lowest BCUT2D eigenvalue weighted by atomic mass is 10.3. The van der Waals surface area contributed by atoms with Crippen LogP contribution in [0.25, 0.3) is 0 Å². The fourth-order valence-electron chi connectivity index (χ4n) is 1.50. The van der Waals surface area contributed by atoms with Crippen molar-refractivity contribution in [2.75, 3.05) is 11.8 Å². The Bertz CT molecular complexity index is 574. The molecule has 0 aromatic heterocycles. The molecule has 2 aromatic carbocycles. The van der Waals surface area contributed by atoms with Crippen LogP contribution in [0.4, 0.5) is 5.69 Å². The van der Waals surface area contributed by atoms with Crippen molar-refractivity contribution in [1.29, 1.82) is 0 Å². The number of para-hydroxylation sites is 1. The number of hydrogen-bond donors (Lipinski definition) is 1. The summed E-state index contributed by atoms with van der Waals surface area (Å²) in [4.78, 5) is 0. The van der Waals surface area contributed by atoms with Crippen LogP contribution in [-0.2, 0) is 4.57 Å². The average molecular weight is 326 g/mol. The minimum absolute atomic E-state index is 0.589. The molecule has 5 heteroatoms. The Hall–Kier alpha value is -1.25. The van der Waals surface area contributed by atoms with Gasteiger partial charge in [-0.2, -0.15) is 0 Å². The Balaban J connectivity index is 2.10. The Kier molecular flexibility index (Phi) is 4.10. The van der Waals surface area contributed by atoms with Crippen LogP contribution in [0.5, 0.6) is 5.75 Å². The Morgan fingerprint density at radius 2 is 1.83 bits per heavy atom. The zero-order chi connectivity index (χ0) is 13.0. The summed E-state index contributed by atoms with van der Waals surface area (Å²) in [6.45, 7) is 1.56. The molecule has 0 heterocycles. The molecule has 0 aliphatic heterocycles. The van der Waals surface area contributed by atoms with Gasteiger partial charge in [-0.25, -0.2) is 0 Å². The molecule has 0 saturated carbocycles. The molecule has 0 bridgehead atoms. The first-order chi connectivity index (χ1) is 8.55. The van der Waals surface area contributed by atoms with E-state index in [2.05, 4.69) is 21.0 Å². The predicted octanol–water partition coefficient (Wildman–Crippen LogP) is 4.76. The molecule has 0 spiro atoms. The van der Waals surface area contributed by atoms with Crippen LogP contribution in [0.1, 0.15) is 0 Å². The zero-order valence-electron chi connectivity index (χ0n) is 9.84. The monoisotopic (exact) mass is 325 g/mol. The van der Waals surface area contributed by atoms with Gasteiger partial charge in [0.05, 0.1) is 0 Å². The zero-order valence-corrected chi connectivity index (χ0v) is 12.3. The normalized spacial score (nSPS) is 13.7. The smallest absolute Gasteiger partial charge is 0.338 e. The Morgan fingerprint density at radius 1 is 1.11 bits per heavy atom. The van der Waals surface area contributed by atoms with E-state index in [9.17, 15) is 4.57 Å². The van der Waals surface area contributed by atoms with Crippen LogP contribution in [0.3, 0.4) is 0 Å². The topological polar surface area (TPSA) is 38.3 Å². The van der Waals surface area contributed by atoms with Gasteiger partial charge in [-0.05, 0) is 30.3 Å². The van der Waals surface area contributed by atoms with Crippen molar-refractivity contribution in [2.24, 2.45) is 0 Å². The fraction of sp³-hybridized carbons (Fsp3) is 0.0769. The third kappa shape index (κ3) is 3.90. The highest BCUT2D eigenvalue weighted by molar-refractivity contribution is 9.10. The van der Waals surface area contributed by atoms with Crippen molar-refractivity contribution < 1.29 is 9.09 Å². The standard InChI is InChI=1S/C13H13BrNO2P/c1-18(16,17-13-8-3-2-4-9-13)15-12-7-5-6-11(14)10-12/h2-10H,1H3,(H,15,16)/t18-/m0/s1. The summed E-state index contributed by atoms with van der Waals surface area (Å²) in [5, 5.41) is 2.91. The van der Waals surface area contributed by atoms with Crippen LogP contribution < -0.4 is 9.61 Å². The molecule has 0 saturated heterocycles. The highest BCUT2D eigenvalue weighted by Gasteiger charge is 2.17. The van der Waals surface area contributed by atoms with Gasteiger partial charge in [0.1, 0.15) is 5.75 Å². The van der Waals surface area contributed by atoms with Gasteiger partial charge in [0.15, 0.2) is 0 Å². The second kappa shape index (κ2) is 5.59. The Morgan fingerprint density at radius 3 is 2.50 bits per heavy atom. The predicted molar refractivity (Wildman–Crippen MR) is 78.4 cm³/mol. The van der Waals surface area contributed by atoms with E-state index in [0.717, 1.165) is 10.2 Å². The molecule has 0 radical (unpaired) electrons. The van der Waals surface area contributed by atoms with Crippen LogP contribution in [0, 0.1) is 0 Å². The van der Waals surface area contributed by atoms with Crippen molar-refractivity contribution in [2.45, 2.75) is 0 Å². The summed E-state index contributed by atoms with van der Waals surface area (Å²) in [6, 6.07) is 16.6. The van der Waals surface area contributed by atoms with Crippen molar-refractivity contribution in [3.8, 4) is 5.75 Å². The molecule has 0 unspecified atom stereocenters. The third-order valence-corrected chi connectivity index (χ3v) is 3.90. The summed E-state index contributed by atoms with van der Waals surface area (Å²) in [6.07, 6.45) is 0.